The number of rotatable bonds is 4. The normalized spacial score (nSPS) is 19.8. The maximum absolute atomic E-state index is 12.4. The van der Waals surface area contributed by atoms with Crippen LogP contribution in [0.1, 0.15) is 41.0 Å². The first-order valence-electron chi connectivity index (χ1n) is 7.49. The summed E-state index contributed by atoms with van der Waals surface area (Å²) in [5, 5.41) is 0. The quantitative estimate of drug-likeness (QED) is 0.842. The van der Waals surface area contributed by atoms with Crippen LogP contribution in [0.3, 0.4) is 0 Å². The zero-order valence-corrected chi connectivity index (χ0v) is 13.3. The van der Waals surface area contributed by atoms with Crippen molar-refractivity contribution < 1.29 is 4.79 Å². The molecule has 1 aliphatic rings. The van der Waals surface area contributed by atoms with E-state index in [0.29, 0.717) is 12.5 Å². The Morgan fingerprint density at radius 3 is 2.05 bits per heavy atom. The Balaban J connectivity index is 2.52. The fraction of sp³-hybridized carbons (Fsp3) is 0.933. The summed E-state index contributed by atoms with van der Waals surface area (Å²) in [6, 6.07) is 0. The van der Waals surface area contributed by atoms with Gasteiger partial charge in [0, 0.05) is 38.3 Å². The molecular weight excluding hydrogens is 238 g/mol. The van der Waals surface area contributed by atoms with Crippen molar-refractivity contribution in [2.75, 3.05) is 32.7 Å². The Bertz CT molecular complexity index is 288. The molecule has 0 aliphatic carbocycles. The highest BCUT2D eigenvalue weighted by atomic mass is 16.2. The first-order valence-corrected chi connectivity index (χ1v) is 7.49. The van der Waals surface area contributed by atoms with Crippen LogP contribution >= 0.6 is 0 Å². The number of piperazine rings is 1. The van der Waals surface area contributed by atoms with Gasteiger partial charge in [-0.25, -0.2) is 0 Å². The van der Waals surface area contributed by atoms with Crippen LogP contribution in [0.15, 0.2) is 0 Å². The van der Waals surface area contributed by atoms with E-state index >= 15 is 0 Å². The van der Waals surface area contributed by atoms with Gasteiger partial charge in [0.05, 0.1) is 5.92 Å². The Hall–Kier alpha value is -0.610. The van der Waals surface area contributed by atoms with Gasteiger partial charge < -0.3 is 10.6 Å². The molecule has 1 rings (SSSR count). The SMILES string of the molecule is CC(C)CC(CN)C(=O)N1CCN(C(C)(C)C)CC1. The Labute approximate surface area is 118 Å². The van der Waals surface area contributed by atoms with E-state index in [1.54, 1.807) is 0 Å². The van der Waals surface area contributed by atoms with Crippen LogP contribution < -0.4 is 5.73 Å². The number of nitrogens with zero attached hydrogens (tertiary/aromatic N) is 2. The smallest absolute Gasteiger partial charge is 0.227 e. The maximum atomic E-state index is 12.4. The molecule has 0 spiro atoms. The first kappa shape index (κ1) is 16.4. The van der Waals surface area contributed by atoms with E-state index in [0.717, 1.165) is 32.6 Å². The monoisotopic (exact) mass is 269 g/mol. The highest BCUT2D eigenvalue weighted by Gasteiger charge is 2.30. The summed E-state index contributed by atoms with van der Waals surface area (Å²) in [5.74, 6) is 0.777. The Morgan fingerprint density at radius 1 is 1.16 bits per heavy atom. The van der Waals surface area contributed by atoms with Gasteiger partial charge >= 0.3 is 0 Å². The molecule has 19 heavy (non-hydrogen) atoms. The van der Waals surface area contributed by atoms with Gasteiger partial charge in [-0.05, 0) is 33.1 Å². The van der Waals surface area contributed by atoms with Crippen molar-refractivity contribution in [2.45, 2.75) is 46.6 Å². The molecule has 0 aromatic carbocycles. The van der Waals surface area contributed by atoms with Crippen LogP contribution in [0, 0.1) is 11.8 Å². The highest BCUT2D eigenvalue weighted by molar-refractivity contribution is 5.79. The van der Waals surface area contributed by atoms with E-state index in [-0.39, 0.29) is 17.4 Å². The predicted molar refractivity (Wildman–Crippen MR) is 79.9 cm³/mol. The van der Waals surface area contributed by atoms with E-state index in [9.17, 15) is 4.79 Å². The van der Waals surface area contributed by atoms with Gasteiger partial charge in [0.1, 0.15) is 0 Å². The van der Waals surface area contributed by atoms with Crippen LogP contribution in [-0.2, 0) is 4.79 Å². The molecule has 1 aliphatic heterocycles. The lowest BCUT2D eigenvalue weighted by Gasteiger charge is -2.43. The summed E-state index contributed by atoms with van der Waals surface area (Å²) in [7, 11) is 0. The van der Waals surface area contributed by atoms with Crippen LogP contribution in [0.25, 0.3) is 0 Å². The maximum Gasteiger partial charge on any atom is 0.227 e. The summed E-state index contributed by atoms with van der Waals surface area (Å²) < 4.78 is 0. The van der Waals surface area contributed by atoms with E-state index < -0.39 is 0 Å². The number of nitrogens with two attached hydrogens (primary N) is 1. The number of hydrogen-bond acceptors (Lipinski definition) is 3. The molecule has 4 nitrogen and oxygen atoms in total. The molecule has 0 aromatic heterocycles. The molecule has 0 radical (unpaired) electrons. The molecule has 112 valence electrons. The van der Waals surface area contributed by atoms with Crippen molar-refractivity contribution in [3.63, 3.8) is 0 Å². The molecule has 1 amide bonds. The van der Waals surface area contributed by atoms with E-state index in [1.165, 1.54) is 0 Å². The molecule has 0 aromatic rings. The first-order chi connectivity index (χ1) is 8.75. The second-order valence-corrected chi connectivity index (χ2v) is 7.05. The van der Waals surface area contributed by atoms with Crippen molar-refractivity contribution in [2.24, 2.45) is 17.6 Å². The van der Waals surface area contributed by atoms with E-state index in [4.69, 9.17) is 5.73 Å². The van der Waals surface area contributed by atoms with Gasteiger partial charge in [-0.15, -0.1) is 0 Å². The predicted octanol–water partition coefficient (Wildman–Crippen LogP) is 1.55. The third-order valence-corrected chi connectivity index (χ3v) is 3.93. The minimum atomic E-state index is 0.00110. The summed E-state index contributed by atoms with van der Waals surface area (Å²) >= 11 is 0. The molecule has 1 heterocycles. The van der Waals surface area contributed by atoms with Gasteiger partial charge in [-0.3, -0.25) is 9.69 Å². The zero-order valence-electron chi connectivity index (χ0n) is 13.3. The molecule has 4 heteroatoms. The van der Waals surface area contributed by atoms with Crippen molar-refractivity contribution >= 4 is 5.91 Å². The summed E-state index contributed by atoms with van der Waals surface area (Å²) in [4.78, 5) is 16.9. The summed E-state index contributed by atoms with van der Waals surface area (Å²) in [6.45, 7) is 15.1. The van der Waals surface area contributed by atoms with Crippen LogP contribution in [-0.4, -0.2) is 54.0 Å². The lowest BCUT2D eigenvalue weighted by Crippen LogP contribution is -2.56. The zero-order chi connectivity index (χ0) is 14.6. The van der Waals surface area contributed by atoms with Crippen LogP contribution in [0.4, 0.5) is 0 Å². The van der Waals surface area contributed by atoms with Gasteiger partial charge in [0.2, 0.25) is 5.91 Å². The molecule has 2 N–H and O–H groups in total. The lowest BCUT2D eigenvalue weighted by molar-refractivity contribution is -0.138. The van der Waals surface area contributed by atoms with Gasteiger partial charge in [-0.2, -0.15) is 0 Å². The molecule has 1 fully saturated rings. The molecule has 0 saturated carbocycles. The topological polar surface area (TPSA) is 49.6 Å². The fourth-order valence-corrected chi connectivity index (χ4v) is 2.72. The van der Waals surface area contributed by atoms with Gasteiger partial charge in [0.15, 0.2) is 0 Å². The lowest BCUT2D eigenvalue weighted by atomic mass is 9.95. The number of carbonyl (C=O) groups excluding carboxylic acids is 1. The number of carbonyl (C=O) groups is 1. The number of amides is 1. The largest absolute Gasteiger partial charge is 0.340 e. The molecular formula is C15H31N3O. The standard InChI is InChI=1S/C15H31N3O/c1-12(2)10-13(11-16)14(19)17-6-8-18(9-7-17)15(3,4)5/h12-13H,6-11,16H2,1-5H3. The minimum absolute atomic E-state index is 0.00110. The van der Waals surface area contributed by atoms with Crippen LogP contribution in [0.5, 0.6) is 0 Å². The van der Waals surface area contributed by atoms with Crippen molar-refractivity contribution in [1.29, 1.82) is 0 Å². The molecule has 1 unspecified atom stereocenters. The average molecular weight is 269 g/mol. The second-order valence-electron chi connectivity index (χ2n) is 7.05. The third-order valence-electron chi connectivity index (χ3n) is 3.93. The Kier molecular flexibility index (Phi) is 5.81. The summed E-state index contributed by atoms with van der Waals surface area (Å²) in [5.41, 5.74) is 5.96. The molecule has 1 saturated heterocycles. The average Bonchev–Trinajstić information content (AvgIpc) is 2.34. The van der Waals surface area contributed by atoms with Crippen molar-refractivity contribution in [1.82, 2.24) is 9.80 Å². The van der Waals surface area contributed by atoms with Crippen molar-refractivity contribution in [3.05, 3.63) is 0 Å². The molecule has 0 bridgehead atoms. The van der Waals surface area contributed by atoms with Crippen molar-refractivity contribution in [3.8, 4) is 0 Å². The molecule has 1 atom stereocenters. The van der Waals surface area contributed by atoms with Gasteiger partial charge in [0.25, 0.3) is 0 Å². The minimum Gasteiger partial charge on any atom is -0.340 e. The highest BCUT2D eigenvalue weighted by Crippen LogP contribution is 2.19. The van der Waals surface area contributed by atoms with Gasteiger partial charge in [-0.1, -0.05) is 13.8 Å². The third kappa shape index (κ3) is 4.77. The Morgan fingerprint density at radius 2 is 1.68 bits per heavy atom. The number of hydrogen-bond donors (Lipinski definition) is 1. The van der Waals surface area contributed by atoms with E-state index in [1.807, 2.05) is 4.90 Å². The summed E-state index contributed by atoms with van der Waals surface area (Å²) in [6.07, 6.45) is 0.898. The van der Waals surface area contributed by atoms with Crippen LogP contribution in [0.2, 0.25) is 0 Å². The fourth-order valence-electron chi connectivity index (χ4n) is 2.72. The van der Waals surface area contributed by atoms with E-state index in [2.05, 4.69) is 39.5 Å². The second kappa shape index (κ2) is 6.71.